The quantitative estimate of drug-likeness (QED) is 0.541. The first-order valence-corrected chi connectivity index (χ1v) is 5.30. The Kier molecular flexibility index (Phi) is 4.95. The van der Waals surface area contributed by atoms with E-state index in [4.69, 9.17) is 9.47 Å². The van der Waals surface area contributed by atoms with Gasteiger partial charge in [0.2, 0.25) is 0 Å². The molecule has 3 unspecified atom stereocenters. The van der Waals surface area contributed by atoms with Crippen molar-refractivity contribution in [2.75, 3.05) is 33.4 Å². The molecule has 0 saturated carbocycles. The second-order valence-electron chi connectivity index (χ2n) is 4.11. The molecule has 0 spiro atoms. The lowest BCUT2D eigenvalue weighted by Gasteiger charge is -2.26. The smallest absolute Gasteiger partial charge is 0.105 e. The SMILES string of the molecule is COCC(O)CNCC1(O)CCOC1C. The molecule has 3 atom stereocenters. The Balaban J connectivity index is 2.19. The molecule has 0 aromatic rings. The van der Waals surface area contributed by atoms with Crippen LogP contribution in [0, 0.1) is 0 Å². The van der Waals surface area contributed by atoms with E-state index < -0.39 is 11.7 Å². The van der Waals surface area contributed by atoms with Gasteiger partial charge in [0.25, 0.3) is 0 Å². The van der Waals surface area contributed by atoms with E-state index >= 15 is 0 Å². The minimum Gasteiger partial charge on any atom is -0.389 e. The van der Waals surface area contributed by atoms with E-state index in [1.54, 1.807) is 7.11 Å². The number of ether oxygens (including phenoxy) is 2. The van der Waals surface area contributed by atoms with Crippen LogP contribution in [0.1, 0.15) is 13.3 Å². The number of methoxy groups -OCH3 is 1. The molecule has 0 bridgehead atoms. The highest BCUT2D eigenvalue weighted by molar-refractivity contribution is 4.91. The maximum atomic E-state index is 10.1. The fourth-order valence-electron chi connectivity index (χ4n) is 1.71. The summed E-state index contributed by atoms with van der Waals surface area (Å²) < 4.78 is 10.1. The summed E-state index contributed by atoms with van der Waals surface area (Å²) in [5, 5.41) is 22.5. The van der Waals surface area contributed by atoms with Gasteiger partial charge in [0.05, 0.1) is 18.8 Å². The molecule has 0 radical (unpaired) electrons. The van der Waals surface area contributed by atoms with Crippen LogP contribution in [-0.4, -0.2) is 61.4 Å². The van der Waals surface area contributed by atoms with Crippen LogP contribution in [0.5, 0.6) is 0 Å². The number of hydrogen-bond acceptors (Lipinski definition) is 5. The van der Waals surface area contributed by atoms with Crippen molar-refractivity contribution in [3.63, 3.8) is 0 Å². The molecule has 5 nitrogen and oxygen atoms in total. The van der Waals surface area contributed by atoms with Gasteiger partial charge in [-0.05, 0) is 6.92 Å². The molecule has 90 valence electrons. The van der Waals surface area contributed by atoms with Gasteiger partial charge in [-0.15, -0.1) is 0 Å². The van der Waals surface area contributed by atoms with Gasteiger partial charge in [0.15, 0.2) is 0 Å². The molecule has 3 N–H and O–H groups in total. The summed E-state index contributed by atoms with van der Waals surface area (Å²) >= 11 is 0. The highest BCUT2D eigenvalue weighted by Crippen LogP contribution is 2.24. The summed E-state index contributed by atoms with van der Waals surface area (Å²) in [6.45, 7) is 3.62. The van der Waals surface area contributed by atoms with Crippen molar-refractivity contribution in [1.29, 1.82) is 0 Å². The Morgan fingerprint density at radius 2 is 2.40 bits per heavy atom. The van der Waals surface area contributed by atoms with Gasteiger partial charge >= 0.3 is 0 Å². The standard InChI is InChI=1S/C10H21NO4/c1-8-10(13,3-4-15-8)7-11-5-9(12)6-14-2/h8-9,11-13H,3-7H2,1-2H3. The third kappa shape index (κ3) is 3.70. The fraction of sp³-hybridized carbons (Fsp3) is 1.00. The molecule has 0 aromatic heterocycles. The molecule has 15 heavy (non-hydrogen) atoms. The zero-order chi connectivity index (χ0) is 11.3. The van der Waals surface area contributed by atoms with Crippen molar-refractivity contribution < 1.29 is 19.7 Å². The van der Waals surface area contributed by atoms with Gasteiger partial charge < -0.3 is 25.0 Å². The third-order valence-electron chi connectivity index (χ3n) is 2.83. The Labute approximate surface area is 90.4 Å². The van der Waals surface area contributed by atoms with Crippen LogP contribution in [-0.2, 0) is 9.47 Å². The number of aliphatic hydroxyl groups is 2. The van der Waals surface area contributed by atoms with E-state index in [-0.39, 0.29) is 6.10 Å². The molecule has 0 amide bonds. The van der Waals surface area contributed by atoms with E-state index in [0.717, 1.165) is 0 Å². The van der Waals surface area contributed by atoms with Gasteiger partial charge in [-0.2, -0.15) is 0 Å². The first-order valence-electron chi connectivity index (χ1n) is 5.30. The van der Waals surface area contributed by atoms with Gasteiger partial charge in [-0.3, -0.25) is 0 Å². The van der Waals surface area contributed by atoms with Gasteiger partial charge in [0, 0.05) is 33.2 Å². The summed E-state index contributed by atoms with van der Waals surface area (Å²) in [4.78, 5) is 0. The summed E-state index contributed by atoms with van der Waals surface area (Å²) in [6, 6.07) is 0. The predicted molar refractivity (Wildman–Crippen MR) is 55.7 cm³/mol. The van der Waals surface area contributed by atoms with Crippen LogP contribution in [0.4, 0.5) is 0 Å². The summed E-state index contributed by atoms with van der Waals surface area (Å²) in [5.41, 5.74) is -0.799. The first kappa shape index (κ1) is 12.9. The molecular weight excluding hydrogens is 198 g/mol. The Hall–Kier alpha value is -0.200. The molecule has 0 aliphatic carbocycles. The first-order chi connectivity index (χ1) is 7.08. The number of hydrogen-bond donors (Lipinski definition) is 3. The molecule has 0 aromatic carbocycles. The molecule has 5 heteroatoms. The molecule has 1 aliphatic rings. The maximum absolute atomic E-state index is 10.1. The molecule has 1 fully saturated rings. The summed E-state index contributed by atoms with van der Waals surface area (Å²) in [5.74, 6) is 0. The van der Waals surface area contributed by atoms with Crippen LogP contribution < -0.4 is 5.32 Å². The van der Waals surface area contributed by atoms with Gasteiger partial charge in [-0.25, -0.2) is 0 Å². The van der Waals surface area contributed by atoms with Crippen molar-refractivity contribution in [2.45, 2.75) is 31.2 Å². The Morgan fingerprint density at radius 3 is 2.93 bits per heavy atom. The van der Waals surface area contributed by atoms with E-state index in [9.17, 15) is 10.2 Å². The number of rotatable bonds is 6. The monoisotopic (exact) mass is 219 g/mol. The minimum atomic E-state index is -0.799. The second kappa shape index (κ2) is 5.77. The fourth-order valence-corrected chi connectivity index (χ4v) is 1.71. The highest BCUT2D eigenvalue weighted by atomic mass is 16.5. The van der Waals surface area contributed by atoms with Crippen LogP contribution in [0.15, 0.2) is 0 Å². The lowest BCUT2D eigenvalue weighted by atomic mass is 9.97. The summed E-state index contributed by atoms with van der Waals surface area (Å²) in [6.07, 6.45) is -0.0394. The molecule has 1 saturated heterocycles. The van der Waals surface area contributed by atoms with Crippen LogP contribution in [0.25, 0.3) is 0 Å². The molecule has 1 rings (SSSR count). The van der Waals surface area contributed by atoms with Crippen LogP contribution >= 0.6 is 0 Å². The van der Waals surface area contributed by atoms with Crippen molar-refractivity contribution in [3.05, 3.63) is 0 Å². The van der Waals surface area contributed by atoms with Crippen molar-refractivity contribution in [3.8, 4) is 0 Å². The average Bonchev–Trinajstić information content (AvgIpc) is 2.48. The molecule has 1 aliphatic heterocycles. The number of nitrogens with one attached hydrogen (secondary N) is 1. The van der Waals surface area contributed by atoms with Crippen molar-refractivity contribution in [1.82, 2.24) is 5.32 Å². The Morgan fingerprint density at radius 1 is 1.67 bits per heavy atom. The van der Waals surface area contributed by atoms with E-state index in [2.05, 4.69) is 5.32 Å². The zero-order valence-corrected chi connectivity index (χ0v) is 9.40. The van der Waals surface area contributed by atoms with E-state index in [1.807, 2.05) is 6.92 Å². The predicted octanol–water partition coefficient (Wildman–Crippen LogP) is -0.877. The van der Waals surface area contributed by atoms with Crippen molar-refractivity contribution in [2.24, 2.45) is 0 Å². The van der Waals surface area contributed by atoms with Gasteiger partial charge in [-0.1, -0.05) is 0 Å². The van der Waals surface area contributed by atoms with E-state index in [1.165, 1.54) is 0 Å². The normalized spacial score (nSPS) is 33.2. The highest BCUT2D eigenvalue weighted by Gasteiger charge is 2.38. The lowest BCUT2D eigenvalue weighted by Crippen LogP contribution is -2.47. The van der Waals surface area contributed by atoms with Gasteiger partial charge in [0.1, 0.15) is 5.60 Å². The Bertz CT molecular complexity index is 190. The third-order valence-corrected chi connectivity index (χ3v) is 2.83. The topological polar surface area (TPSA) is 71.0 Å². The van der Waals surface area contributed by atoms with Crippen LogP contribution in [0.2, 0.25) is 0 Å². The maximum Gasteiger partial charge on any atom is 0.105 e. The minimum absolute atomic E-state index is 0.149. The largest absolute Gasteiger partial charge is 0.389 e. The number of aliphatic hydroxyl groups excluding tert-OH is 1. The molecular formula is C10H21NO4. The van der Waals surface area contributed by atoms with E-state index in [0.29, 0.717) is 32.7 Å². The van der Waals surface area contributed by atoms with Crippen LogP contribution in [0.3, 0.4) is 0 Å². The lowest BCUT2D eigenvalue weighted by molar-refractivity contribution is -0.0286. The summed E-state index contributed by atoms with van der Waals surface area (Å²) in [7, 11) is 1.55. The second-order valence-corrected chi connectivity index (χ2v) is 4.11. The zero-order valence-electron chi connectivity index (χ0n) is 9.40. The molecule has 1 heterocycles. The average molecular weight is 219 g/mol. The van der Waals surface area contributed by atoms with Crippen molar-refractivity contribution >= 4 is 0 Å².